The Morgan fingerprint density at radius 1 is 1.21 bits per heavy atom. The lowest BCUT2D eigenvalue weighted by atomic mass is 10.0. The van der Waals surface area contributed by atoms with Crippen molar-refractivity contribution in [1.82, 2.24) is 10.2 Å². The van der Waals surface area contributed by atoms with Crippen LogP contribution in [0.25, 0.3) is 0 Å². The molecular weight excluding hydrogens is 402 g/mol. The summed E-state index contributed by atoms with van der Waals surface area (Å²) in [5.41, 5.74) is -0.569. The number of ether oxygens (including phenoxy) is 1. The van der Waals surface area contributed by atoms with Crippen LogP contribution in [0.5, 0.6) is 0 Å². The number of amides is 2. The van der Waals surface area contributed by atoms with Crippen molar-refractivity contribution in [2.75, 3.05) is 0 Å². The van der Waals surface area contributed by atoms with Crippen molar-refractivity contribution in [2.24, 2.45) is 11.8 Å². The summed E-state index contributed by atoms with van der Waals surface area (Å²) in [6.45, 7) is 5.34. The molecule has 8 heteroatoms. The van der Waals surface area contributed by atoms with Gasteiger partial charge in [-0.25, -0.2) is 13.6 Å². The summed E-state index contributed by atoms with van der Waals surface area (Å²) >= 11 is 5.66. The van der Waals surface area contributed by atoms with Gasteiger partial charge in [-0.05, 0) is 70.4 Å². The molecule has 3 unspecified atom stereocenters. The minimum Gasteiger partial charge on any atom is -0.444 e. The molecule has 1 N–H and O–H groups in total. The zero-order valence-corrected chi connectivity index (χ0v) is 17.4. The van der Waals surface area contributed by atoms with E-state index in [0.717, 1.165) is 31.4 Å². The van der Waals surface area contributed by atoms with Crippen LogP contribution in [0.4, 0.5) is 13.6 Å². The summed E-state index contributed by atoms with van der Waals surface area (Å²) in [5.74, 6) is -1.38. The number of rotatable bonds is 4. The molecule has 1 aromatic rings. The molecule has 0 radical (unpaired) electrons. The molecule has 158 valence electrons. The third-order valence-electron chi connectivity index (χ3n) is 5.78. The average Bonchev–Trinajstić information content (AvgIpc) is 3.53. The fourth-order valence-electron chi connectivity index (χ4n) is 4.17. The molecule has 4 rings (SSSR count). The molecule has 3 fully saturated rings. The van der Waals surface area contributed by atoms with Crippen molar-refractivity contribution in [3.63, 3.8) is 0 Å². The van der Waals surface area contributed by atoms with Crippen LogP contribution in [0.15, 0.2) is 12.1 Å². The number of fused-ring (bicyclic) bond motifs is 1. The van der Waals surface area contributed by atoms with E-state index in [2.05, 4.69) is 5.32 Å². The van der Waals surface area contributed by atoms with Gasteiger partial charge in [-0.3, -0.25) is 9.69 Å². The smallest absolute Gasteiger partial charge is 0.411 e. The number of piperidine rings is 1. The number of hydrogen-bond donors (Lipinski definition) is 1. The highest BCUT2D eigenvalue weighted by atomic mass is 35.5. The first kappa shape index (κ1) is 20.4. The first-order valence-corrected chi connectivity index (χ1v) is 10.4. The van der Waals surface area contributed by atoms with Gasteiger partial charge in [-0.1, -0.05) is 11.6 Å². The maximum absolute atomic E-state index is 14.5. The maximum Gasteiger partial charge on any atom is 0.411 e. The summed E-state index contributed by atoms with van der Waals surface area (Å²) in [5, 5.41) is 2.58. The molecule has 1 aliphatic heterocycles. The topological polar surface area (TPSA) is 58.6 Å². The number of carbonyl (C=O) groups is 2. The summed E-state index contributed by atoms with van der Waals surface area (Å²) in [6.07, 6.45) is 2.56. The minimum absolute atomic E-state index is 0.0182. The van der Waals surface area contributed by atoms with E-state index in [0.29, 0.717) is 12.3 Å². The Labute approximate surface area is 173 Å². The molecule has 3 aliphatic rings. The van der Waals surface area contributed by atoms with Gasteiger partial charge >= 0.3 is 6.09 Å². The van der Waals surface area contributed by atoms with E-state index in [1.807, 2.05) is 0 Å². The van der Waals surface area contributed by atoms with E-state index in [-0.39, 0.29) is 28.5 Å². The molecule has 1 aromatic carbocycles. The predicted molar refractivity (Wildman–Crippen MR) is 103 cm³/mol. The van der Waals surface area contributed by atoms with Crippen molar-refractivity contribution in [3.8, 4) is 0 Å². The fraction of sp³-hybridized carbons (Fsp3) is 0.619. The number of halogens is 3. The highest BCUT2D eigenvalue weighted by Crippen LogP contribution is 2.49. The second-order valence-corrected chi connectivity index (χ2v) is 9.72. The van der Waals surface area contributed by atoms with Gasteiger partial charge in [0.15, 0.2) is 0 Å². The van der Waals surface area contributed by atoms with Crippen LogP contribution < -0.4 is 5.32 Å². The first-order valence-electron chi connectivity index (χ1n) is 10.0. The Bertz CT molecular complexity index is 853. The van der Waals surface area contributed by atoms with E-state index >= 15 is 0 Å². The van der Waals surface area contributed by atoms with Gasteiger partial charge in [-0.2, -0.15) is 0 Å². The van der Waals surface area contributed by atoms with Crippen LogP contribution in [0.1, 0.15) is 58.1 Å². The average molecular weight is 427 g/mol. The molecule has 2 aliphatic carbocycles. The summed E-state index contributed by atoms with van der Waals surface area (Å²) in [6, 6.07) is 0.705. The molecule has 2 amide bonds. The Morgan fingerprint density at radius 2 is 1.90 bits per heavy atom. The zero-order chi connectivity index (χ0) is 21.1. The van der Waals surface area contributed by atoms with Crippen molar-refractivity contribution < 1.29 is 23.1 Å². The molecule has 0 spiro atoms. The molecule has 1 saturated heterocycles. The SMILES string of the molecule is CC(C)(C)OC(=O)N1C(C(=O)N[C@@H](c2cc(F)c(Cl)cc2F)C2CC2)CC2CC21. The number of carbonyl (C=O) groups excluding carboxylic acids is 2. The fourth-order valence-corrected chi connectivity index (χ4v) is 4.32. The van der Waals surface area contributed by atoms with Gasteiger partial charge in [0.1, 0.15) is 23.3 Å². The lowest BCUT2D eigenvalue weighted by Gasteiger charge is -2.31. The lowest BCUT2D eigenvalue weighted by Crippen LogP contribution is -2.50. The van der Waals surface area contributed by atoms with Gasteiger partial charge < -0.3 is 10.1 Å². The van der Waals surface area contributed by atoms with Gasteiger partial charge in [0.2, 0.25) is 5.91 Å². The van der Waals surface area contributed by atoms with Gasteiger partial charge in [-0.15, -0.1) is 0 Å². The quantitative estimate of drug-likeness (QED) is 0.717. The van der Waals surface area contributed by atoms with E-state index in [1.165, 1.54) is 4.90 Å². The number of benzene rings is 1. The molecule has 2 saturated carbocycles. The van der Waals surface area contributed by atoms with Crippen LogP contribution in [0, 0.1) is 23.5 Å². The second-order valence-electron chi connectivity index (χ2n) is 9.31. The third kappa shape index (κ3) is 4.20. The lowest BCUT2D eigenvalue weighted by molar-refractivity contribution is -0.127. The maximum atomic E-state index is 14.5. The van der Waals surface area contributed by atoms with Crippen molar-refractivity contribution in [2.45, 2.75) is 70.2 Å². The highest BCUT2D eigenvalue weighted by molar-refractivity contribution is 6.30. The highest BCUT2D eigenvalue weighted by Gasteiger charge is 2.57. The molecule has 1 heterocycles. The van der Waals surface area contributed by atoms with E-state index in [1.54, 1.807) is 20.8 Å². The number of nitrogens with zero attached hydrogens (tertiary/aromatic N) is 1. The molecule has 0 bridgehead atoms. The molecule has 4 atom stereocenters. The van der Waals surface area contributed by atoms with Gasteiger partial charge in [0.05, 0.1) is 11.1 Å². The number of likely N-dealkylation sites (tertiary alicyclic amines) is 1. The van der Waals surface area contributed by atoms with Crippen LogP contribution in [0.2, 0.25) is 5.02 Å². The Hall–Kier alpha value is -1.89. The number of hydrogen-bond acceptors (Lipinski definition) is 3. The van der Waals surface area contributed by atoms with Crippen molar-refractivity contribution >= 4 is 23.6 Å². The van der Waals surface area contributed by atoms with Gasteiger partial charge in [0.25, 0.3) is 0 Å². The van der Waals surface area contributed by atoms with Crippen LogP contribution >= 0.6 is 11.6 Å². The van der Waals surface area contributed by atoms with Crippen LogP contribution in [-0.2, 0) is 9.53 Å². The standard InChI is InChI=1S/C21H25ClF2N2O3/c1-21(2,3)29-20(28)26-16-6-11(16)7-17(26)19(27)25-18(10-4-5-10)12-8-15(24)13(22)9-14(12)23/h8-11,16-18H,4-7H2,1-3H3,(H,25,27)/t11?,16?,17?,18-/m1/s1. The first-order chi connectivity index (χ1) is 13.5. The molecule has 5 nitrogen and oxygen atoms in total. The Kier molecular flexibility index (Phi) is 5.00. The second kappa shape index (κ2) is 7.11. The summed E-state index contributed by atoms with van der Waals surface area (Å²) in [4.78, 5) is 27.2. The molecule has 0 aromatic heterocycles. The van der Waals surface area contributed by atoms with Gasteiger partial charge in [0, 0.05) is 11.6 Å². The molecular formula is C21H25ClF2N2O3. The summed E-state index contributed by atoms with van der Waals surface area (Å²) < 4.78 is 33.9. The monoisotopic (exact) mass is 426 g/mol. The van der Waals surface area contributed by atoms with Crippen LogP contribution in [-0.4, -0.2) is 34.6 Å². The van der Waals surface area contributed by atoms with Crippen LogP contribution in [0.3, 0.4) is 0 Å². The van der Waals surface area contributed by atoms with E-state index < -0.39 is 35.4 Å². The predicted octanol–water partition coefficient (Wildman–Crippen LogP) is 4.58. The Morgan fingerprint density at radius 3 is 2.52 bits per heavy atom. The number of nitrogens with one attached hydrogen (secondary N) is 1. The largest absolute Gasteiger partial charge is 0.444 e. The van der Waals surface area contributed by atoms with E-state index in [9.17, 15) is 18.4 Å². The minimum atomic E-state index is -0.722. The van der Waals surface area contributed by atoms with Crippen molar-refractivity contribution in [1.29, 1.82) is 0 Å². The van der Waals surface area contributed by atoms with E-state index in [4.69, 9.17) is 16.3 Å². The zero-order valence-electron chi connectivity index (χ0n) is 16.7. The normalized spacial score (nSPS) is 26.7. The molecule has 29 heavy (non-hydrogen) atoms. The third-order valence-corrected chi connectivity index (χ3v) is 6.07. The summed E-state index contributed by atoms with van der Waals surface area (Å²) in [7, 11) is 0. The Balaban J connectivity index is 1.53. The van der Waals surface area contributed by atoms with Crippen molar-refractivity contribution in [3.05, 3.63) is 34.4 Å².